The lowest BCUT2D eigenvalue weighted by atomic mass is 9.95. The quantitative estimate of drug-likeness (QED) is 0.638. The summed E-state index contributed by atoms with van der Waals surface area (Å²) < 4.78 is 5.07. The highest BCUT2D eigenvalue weighted by molar-refractivity contribution is 5.87. The van der Waals surface area contributed by atoms with Crippen molar-refractivity contribution < 1.29 is 14.3 Å². The van der Waals surface area contributed by atoms with Crippen molar-refractivity contribution in [3.63, 3.8) is 0 Å². The maximum absolute atomic E-state index is 11.8. The number of Topliss-reactive ketones (excluding diaryl/α,β-unsaturated/α-hetero) is 1. The molecule has 1 atom stereocenters. The zero-order chi connectivity index (χ0) is 12.0. The normalized spacial score (nSPS) is 13.0. The van der Waals surface area contributed by atoms with E-state index >= 15 is 0 Å². The molecule has 0 aliphatic carbocycles. The first-order valence-electron chi connectivity index (χ1n) is 5.68. The summed E-state index contributed by atoms with van der Waals surface area (Å²) in [6, 6.07) is 0. The molecule has 0 fully saturated rings. The van der Waals surface area contributed by atoms with Crippen LogP contribution in [0.25, 0.3) is 0 Å². The third-order valence-electron chi connectivity index (χ3n) is 2.55. The molecule has 3 nitrogen and oxygen atoms in total. The van der Waals surface area contributed by atoms with Crippen molar-refractivity contribution in [2.45, 2.75) is 53.6 Å². The van der Waals surface area contributed by atoms with Crippen LogP contribution in [0.4, 0.5) is 0 Å². The molecular weight excluding hydrogens is 192 g/mol. The van der Waals surface area contributed by atoms with Crippen LogP contribution >= 0.6 is 0 Å². The van der Waals surface area contributed by atoms with Crippen LogP contribution in [-0.4, -0.2) is 17.9 Å². The molecular formula is C12H22O3. The van der Waals surface area contributed by atoms with Crippen molar-refractivity contribution in [1.82, 2.24) is 0 Å². The molecule has 0 rings (SSSR count). The van der Waals surface area contributed by atoms with E-state index < -0.39 is 6.10 Å². The maximum atomic E-state index is 11.8. The van der Waals surface area contributed by atoms with Crippen molar-refractivity contribution in [3.8, 4) is 0 Å². The van der Waals surface area contributed by atoms with Crippen LogP contribution in [0.1, 0.15) is 47.5 Å². The number of rotatable bonds is 6. The molecule has 15 heavy (non-hydrogen) atoms. The van der Waals surface area contributed by atoms with E-state index in [0.29, 0.717) is 0 Å². The molecule has 3 heteroatoms. The SMILES string of the molecule is CCC(CC)C(=O)C(C)OC(=O)C(C)C. The predicted octanol–water partition coefficient (Wildman–Crippen LogP) is 2.58. The fourth-order valence-corrected chi connectivity index (χ4v) is 1.39. The molecule has 88 valence electrons. The summed E-state index contributed by atoms with van der Waals surface area (Å²) in [6.07, 6.45) is 1.00. The number of ether oxygens (including phenoxy) is 1. The highest BCUT2D eigenvalue weighted by Gasteiger charge is 2.24. The summed E-state index contributed by atoms with van der Waals surface area (Å²) in [7, 11) is 0. The molecule has 0 spiro atoms. The molecule has 0 amide bonds. The van der Waals surface area contributed by atoms with Crippen LogP contribution in [0.15, 0.2) is 0 Å². The molecule has 0 aliphatic heterocycles. The summed E-state index contributed by atoms with van der Waals surface area (Å²) in [5, 5.41) is 0. The van der Waals surface area contributed by atoms with Gasteiger partial charge in [-0.1, -0.05) is 27.7 Å². The van der Waals surface area contributed by atoms with Crippen LogP contribution in [0.2, 0.25) is 0 Å². The minimum atomic E-state index is -0.607. The number of hydrogen-bond acceptors (Lipinski definition) is 3. The van der Waals surface area contributed by atoms with Crippen LogP contribution in [0.3, 0.4) is 0 Å². The number of carbonyl (C=O) groups excluding carboxylic acids is 2. The van der Waals surface area contributed by atoms with Crippen LogP contribution < -0.4 is 0 Å². The zero-order valence-corrected chi connectivity index (χ0v) is 10.4. The van der Waals surface area contributed by atoms with Crippen molar-refractivity contribution in [3.05, 3.63) is 0 Å². The van der Waals surface area contributed by atoms with Crippen molar-refractivity contribution in [1.29, 1.82) is 0 Å². The van der Waals surface area contributed by atoms with Crippen LogP contribution in [-0.2, 0) is 14.3 Å². The van der Waals surface area contributed by atoms with Crippen molar-refractivity contribution >= 4 is 11.8 Å². The van der Waals surface area contributed by atoms with E-state index in [1.807, 2.05) is 13.8 Å². The average Bonchev–Trinajstić information content (AvgIpc) is 2.19. The summed E-state index contributed by atoms with van der Waals surface area (Å²) >= 11 is 0. The summed E-state index contributed by atoms with van der Waals surface area (Å²) in [6.45, 7) is 9.13. The molecule has 0 aliphatic rings. The first-order valence-corrected chi connectivity index (χ1v) is 5.68. The minimum Gasteiger partial charge on any atom is -0.454 e. The Bertz CT molecular complexity index is 217. The smallest absolute Gasteiger partial charge is 0.309 e. The molecule has 0 saturated carbocycles. The summed E-state index contributed by atoms with van der Waals surface area (Å²) in [5.74, 6) is -0.433. The minimum absolute atomic E-state index is 0.0139. The standard InChI is InChI=1S/C12H22O3/c1-6-10(7-2)11(13)9(5)15-12(14)8(3)4/h8-10H,6-7H2,1-5H3. The van der Waals surface area contributed by atoms with Gasteiger partial charge in [0.2, 0.25) is 0 Å². The Labute approximate surface area is 92.2 Å². The number of esters is 1. The van der Waals surface area contributed by atoms with E-state index in [4.69, 9.17) is 4.74 Å². The first-order chi connectivity index (χ1) is 6.93. The predicted molar refractivity (Wildman–Crippen MR) is 59.5 cm³/mol. The highest BCUT2D eigenvalue weighted by atomic mass is 16.5. The molecule has 0 bridgehead atoms. The van der Waals surface area contributed by atoms with Gasteiger partial charge in [0.25, 0.3) is 0 Å². The number of carbonyl (C=O) groups is 2. The molecule has 0 aromatic carbocycles. The Hall–Kier alpha value is -0.860. The average molecular weight is 214 g/mol. The maximum Gasteiger partial charge on any atom is 0.309 e. The van der Waals surface area contributed by atoms with Gasteiger partial charge in [0, 0.05) is 5.92 Å². The van der Waals surface area contributed by atoms with Gasteiger partial charge in [-0.25, -0.2) is 0 Å². The van der Waals surface area contributed by atoms with Gasteiger partial charge in [-0.2, -0.15) is 0 Å². The zero-order valence-electron chi connectivity index (χ0n) is 10.4. The van der Waals surface area contributed by atoms with Gasteiger partial charge in [-0.3, -0.25) is 9.59 Å². The van der Waals surface area contributed by atoms with E-state index in [1.54, 1.807) is 20.8 Å². The fourth-order valence-electron chi connectivity index (χ4n) is 1.39. The van der Waals surface area contributed by atoms with Gasteiger partial charge < -0.3 is 4.74 Å². The monoisotopic (exact) mass is 214 g/mol. The van der Waals surface area contributed by atoms with Gasteiger partial charge in [0.15, 0.2) is 11.9 Å². The molecule has 1 unspecified atom stereocenters. The molecule has 0 saturated heterocycles. The molecule has 0 heterocycles. The van der Waals surface area contributed by atoms with Gasteiger partial charge >= 0.3 is 5.97 Å². The fraction of sp³-hybridized carbons (Fsp3) is 0.833. The van der Waals surface area contributed by atoms with Crippen LogP contribution in [0.5, 0.6) is 0 Å². The molecule has 0 aromatic heterocycles. The van der Waals surface area contributed by atoms with Gasteiger partial charge in [-0.15, -0.1) is 0 Å². The Kier molecular flexibility index (Phi) is 6.21. The van der Waals surface area contributed by atoms with Crippen LogP contribution in [0, 0.1) is 11.8 Å². The van der Waals surface area contributed by atoms with E-state index in [0.717, 1.165) is 12.8 Å². The third-order valence-corrected chi connectivity index (χ3v) is 2.55. The van der Waals surface area contributed by atoms with E-state index in [1.165, 1.54) is 0 Å². The summed E-state index contributed by atoms with van der Waals surface area (Å²) in [5.41, 5.74) is 0. The lowest BCUT2D eigenvalue weighted by Gasteiger charge is -2.18. The Morgan fingerprint density at radius 2 is 1.53 bits per heavy atom. The number of ketones is 1. The lowest BCUT2D eigenvalue weighted by Crippen LogP contribution is -2.31. The summed E-state index contributed by atoms with van der Waals surface area (Å²) in [4.78, 5) is 23.1. The second kappa shape index (κ2) is 6.59. The Morgan fingerprint density at radius 3 is 1.87 bits per heavy atom. The van der Waals surface area contributed by atoms with Gasteiger partial charge in [0.05, 0.1) is 5.92 Å². The molecule has 0 radical (unpaired) electrons. The first kappa shape index (κ1) is 14.1. The molecule has 0 aromatic rings. The lowest BCUT2D eigenvalue weighted by molar-refractivity contribution is -0.158. The van der Waals surface area contributed by atoms with E-state index in [-0.39, 0.29) is 23.6 Å². The van der Waals surface area contributed by atoms with E-state index in [9.17, 15) is 9.59 Å². The third kappa shape index (κ3) is 4.45. The second-order valence-electron chi connectivity index (χ2n) is 4.15. The molecule has 0 N–H and O–H groups in total. The van der Waals surface area contributed by atoms with E-state index in [2.05, 4.69) is 0 Å². The number of hydrogen-bond donors (Lipinski definition) is 0. The Morgan fingerprint density at radius 1 is 1.07 bits per heavy atom. The topological polar surface area (TPSA) is 43.4 Å². The Balaban J connectivity index is 4.26. The van der Waals surface area contributed by atoms with Crippen molar-refractivity contribution in [2.24, 2.45) is 11.8 Å². The second-order valence-corrected chi connectivity index (χ2v) is 4.15. The van der Waals surface area contributed by atoms with Gasteiger partial charge in [-0.05, 0) is 19.8 Å². The highest BCUT2D eigenvalue weighted by Crippen LogP contribution is 2.13. The van der Waals surface area contributed by atoms with Crippen molar-refractivity contribution in [2.75, 3.05) is 0 Å². The van der Waals surface area contributed by atoms with Gasteiger partial charge in [0.1, 0.15) is 0 Å². The largest absolute Gasteiger partial charge is 0.454 e.